The van der Waals surface area contributed by atoms with Crippen LogP contribution >= 0.6 is 11.6 Å². The van der Waals surface area contributed by atoms with Crippen LogP contribution in [0.15, 0.2) is 24.3 Å². The van der Waals surface area contributed by atoms with Gasteiger partial charge in [0.25, 0.3) is 0 Å². The predicted molar refractivity (Wildman–Crippen MR) is 52.4 cm³/mol. The molecule has 0 heterocycles. The first kappa shape index (κ1) is 10.0. The van der Waals surface area contributed by atoms with Gasteiger partial charge in [0, 0.05) is 11.6 Å². The van der Waals surface area contributed by atoms with E-state index in [9.17, 15) is 4.79 Å². The fourth-order valence-electron chi connectivity index (χ4n) is 0.932. The van der Waals surface area contributed by atoms with E-state index in [0.717, 1.165) is 5.56 Å². The fourth-order valence-corrected chi connectivity index (χ4v) is 1.06. The number of carbonyl (C=O) groups is 1. The highest BCUT2D eigenvalue weighted by Crippen LogP contribution is 2.08. The molecular formula is C9H11ClN2O. The second-order valence-electron chi connectivity index (χ2n) is 2.70. The summed E-state index contributed by atoms with van der Waals surface area (Å²) in [6, 6.07) is 7.42. The van der Waals surface area contributed by atoms with E-state index < -0.39 is 0 Å². The number of nitrogens with one attached hydrogen (secondary N) is 1. The number of hydrogen-bond donors (Lipinski definition) is 2. The molecule has 0 fully saturated rings. The maximum absolute atomic E-state index is 10.4. The van der Waals surface area contributed by atoms with E-state index in [2.05, 4.69) is 5.32 Å². The first-order valence-electron chi connectivity index (χ1n) is 3.92. The van der Waals surface area contributed by atoms with Gasteiger partial charge in [-0.05, 0) is 17.7 Å². The minimum atomic E-state index is -0.353. The lowest BCUT2D eigenvalue weighted by atomic mass is 10.2. The Morgan fingerprint density at radius 3 is 2.54 bits per heavy atom. The molecule has 3 nitrogen and oxygen atoms in total. The van der Waals surface area contributed by atoms with Crippen molar-refractivity contribution in [3.8, 4) is 0 Å². The summed E-state index contributed by atoms with van der Waals surface area (Å²) in [5.41, 5.74) is 6.03. The van der Waals surface area contributed by atoms with E-state index in [-0.39, 0.29) is 12.5 Å². The summed E-state index contributed by atoms with van der Waals surface area (Å²) >= 11 is 5.70. The van der Waals surface area contributed by atoms with Crippen molar-refractivity contribution in [2.24, 2.45) is 5.73 Å². The van der Waals surface area contributed by atoms with E-state index >= 15 is 0 Å². The molecule has 13 heavy (non-hydrogen) atoms. The Morgan fingerprint density at radius 1 is 1.38 bits per heavy atom. The van der Waals surface area contributed by atoms with Crippen LogP contribution in [0, 0.1) is 0 Å². The fraction of sp³-hybridized carbons (Fsp3) is 0.222. The summed E-state index contributed by atoms with van der Waals surface area (Å²) in [4.78, 5) is 10.4. The molecule has 0 unspecified atom stereocenters. The Bertz CT molecular complexity index is 284. The first-order valence-corrected chi connectivity index (χ1v) is 4.30. The van der Waals surface area contributed by atoms with Gasteiger partial charge in [0.05, 0.1) is 6.54 Å². The molecular weight excluding hydrogens is 188 g/mol. The molecule has 0 aromatic heterocycles. The van der Waals surface area contributed by atoms with Crippen LogP contribution < -0.4 is 11.1 Å². The molecule has 0 saturated heterocycles. The van der Waals surface area contributed by atoms with Gasteiger partial charge in [-0.3, -0.25) is 4.79 Å². The van der Waals surface area contributed by atoms with Crippen LogP contribution in [0.25, 0.3) is 0 Å². The molecule has 0 atom stereocenters. The Kier molecular flexibility index (Phi) is 3.73. The van der Waals surface area contributed by atoms with Crippen molar-refractivity contribution >= 4 is 17.5 Å². The van der Waals surface area contributed by atoms with Crippen molar-refractivity contribution in [1.82, 2.24) is 5.32 Å². The molecule has 70 valence electrons. The number of amides is 1. The van der Waals surface area contributed by atoms with Gasteiger partial charge in [-0.2, -0.15) is 0 Å². The summed E-state index contributed by atoms with van der Waals surface area (Å²) in [6.45, 7) is 0.822. The number of hydrogen-bond acceptors (Lipinski definition) is 2. The van der Waals surface area contributed by atoms with E-state index in [0.29, 0.717) is 11.6 Å². The molecule has 0 aliphatic carbocycles. The van der Waals surface area contributed by atoms with Crippen molar-refractivity contribution in [3.63, 3.8) is 0 Å². The topological polar surface area (TPSA) is 55.1 Å². The normalized spacial score (nSPS) is 9.92. The maximum atomic E-state index is 10.4. The third-order valence-corrected chi connectivity index (χ3v) is 1.79. The molecule has 0 bridgehead atoms. The van der Waals surface area contributed by atoms with E-state index in [1.165, 1.54) is 0 Å². The largest absolute Gasteiger partial charge is 0.369 e. The monoisotopic (exact) mass is 198 g/mol. The zero-order valence-electron chi connectivity index (χ0n) is 7.09. The number of halogens is 1. The van der Waals surface area contributed by atoms with Gasteiger partial charge < -0.3 is 11.1 Å². The van der Waals surface area contributed by atoms with Crippen LogP contribution in [-0.4, -0.2) is 12.5 Å². The van der Waals surface area contributed by atoms with Crippen molar-refractivity contribution in [1.29, 1.82) is 0 Å². The highest BCUT2D eigenvalue weighted by Gasteiger charge is 1.94. The smallest absolute Gasteiger partial charge is 0.231 e. The number of nitrogens with two attached hydrogens (primary N) is 1. The third-order valence-electron chi connectivity index (χ3n) is 1.54. The van der Waals surface area contributed by atoms with Crippen LogP contribution in [0.2, 0.25) is 5.02 Å². The van der Waals surface area contributed by atoms with Crippen molar-refractivity contribution in [2.75, 3.05) is 6.54 Å². The maximum Gasteiger partial charge on any atom is 0.231 e. The molecule has 0 saturated carbocycles. The minimum Gasteiger partial charge on any atom is -0.369 e. The zero-order valence-corrected chi connectivity index (χ0v) is 7.84. The highest BCUT2D eigenvalue weighted by atomic mass is 35.5. The lowest BCUT2D eigenvalue weighted by molar-refractivity contribution is -0.117. The van der Waals surface area contributed by atoms with Gasteiger partial charge in [0.1, 0.15) is 0 Å². The quantitative estimate of drug-likeness (QED) is 0.756. The molecule has 1 aromatic rings. The Morgan fingerprint density at radius 2 is 2.00 bits per heavy atom. The second kappa shape index (κ2) is 4.84. The minimum absolute atomic E-state index is 0.197. The van der Waals surface area contributed by atoms with Crippen LogP contribution in [-0.2, 0) is 11.3 Å². The molecule has 0 aliphatic heterocycles. The van der Waals surface area contributed by atoms with Crippen molar-refractivity contribution in [2.45, 2.75) is 6.54 Å². The van der Waals surface area contributed by atoms with Crippen LogP contribution in [0.1, 0.15) is 5.56 Å². The predicted octanol–water partition coefficient (Wildman–Crippen LogP) is 0.915. The average Bonchev–Trinajstić information content (AvgIpc) is 2.08. The SMILES string of the molecule is NC(=O)CNCc1ccc(Cl)cc1. The highest BCUT2D eigenvalue weighted by molar-refractivity contribution is 6.30. The van der Waals surface area contributed by atoms with Crippen LogP contribution in [0.3, 0.4) is 0 Å². The molecule has 4 heteroatoms. The summed E-state index contributed by atoms with van der Waals surface area (Å²) in [6.07, 6.45) is 0. The van der Waals surface area contributed by atoms with Gasteiger partial charge >= 0.3 is 0 Å². The van der Waals surface area contributed by atoms with Gasteiger partial charge in [0.15, 0.2) is 0 Å². The number of primary amides is 1. The summed E-state index contributed by atoms with van der Waals surface area (Å²) < 4.78 is 0. The lowest BCUT2D eigenvalue weighted by Crippen LogP contribution is -2.28. The number of benzene rings is 1. The zero-order chi connectivity index (χ0) is 9.68. The molecule has 0 aliphatic rings. The van der Waals surface area contributed by atoms with Crippen molar-refractivity contribution in [3.05, 3.63) is 34.9 Å². The lowest BCUT2D eigenvalue weighted by Gasteiger charge is -2.01. The molecule has 1 amide bonds. The second-order valence-corrected chi connectivity index (χ2v) is 3.13. The van der Waals surface area contributed by atoms with Gasteiger partial charge in [-0.15, -0.1) is 0 Å². The Balaban J connectivity index is 2.37. The summed E-state index contributed by atoms with van der Waals surface area (Å²) in [5, 5.41) is 3.61. The third kappa shape index (κ3) is 3.92. The molecule has 0 spiro atoms. The first-order chi connectivity index (χ1) is 6.18. The van der Waals surface area contributed by atoms with Gasteiger partial charge in [-0.25, -0.2) is 0 Å². The van der Waals surface area contributed by atoms with E-state index in [4.69, 9.17) is 17.3 Å². The van der Waals surface area contributed by atoms with E-state index in [1.54, 1.807) is 0 Å². The van der Waals surface area contributed by atoms with Crippen molar-refractivity contribution < 1.29 is 4.79 Å². The van der Waals surface area contributed by atoms with Crippen LogP contribution in [0.5, 0.6) is 0 Å². The molecule has 1 rings (SSSR count). The standard InChI is InChI=1S/C9H11ClN2O/c10-8-3-1-7(2-4-8)5-12-6-9(11)13/h1-4,12H,5-6H2,(H2,11,13). The average molecular weight is 199 g/mol. The number of rotatable bonds is 4. The Hall–Kier alpha value is -1.06. The van der Waals surface area contributed by atoms with Gasteiger partial charge in [0.2, 0.25) is 5.91 Å². The van der Waals surface area contributed by atoms with E-state index in [1.807, 2.05) is 24.3 Å². The molecule has 3 N–H and O–H groups in total. The number of carbonyl (C=O) groups excluding carboxylic acids is 1. The molecule has 1 aromatic carbocycles. The van der Waals surface area contributed by atoms with Gasteiger partial charge in [-0.1, -0.05) is 23.7 Å². The summed E-state index contributed by atoms with van der Waals surface area (Å²) in [7, 11) is 0. The van der Waals surface area contributed by atoms with Crippen LogP contribution in [0.4, 0.5) is 0 Å². The molecule has 0 radical (unpaired) electrons. The Labute approximate surface area is 81.9 Å². The summed E-state index contributed by atoms with van der Waals surface area (Å²) in [5.74, 6) is -0.353.